The second kappa shape index (κ2) is 8.60. The maximum atomic E-state index is 14.1. The van der Waals surface area contributed by atoms with E-state index in [0.29, 0.717) is 11.7 Å². The van der Waals surface area contributed by atoms with Crippen molar-refractivity contribution in [3.8, 4) is 11.3 Å². The number of aryl methyl sites for hydroxylation is 1. The van der Waals surface area contributed by atoms with Gasteiger partial charge in [-0.05, 0) is 19.1 Å². The Morgan fingerprint density at radius 1 is 0.886 bits per heavy atom. The third-order valence-electron chi connectivity index (χ3n) is 5.82. The van der Waals surface area contributed by atoms with Gasteiger partial charge in [-0.15, -0.1) is 5.10 Å². The van der Waals surface area contributed by atoms with Crippen LogP contribution in [0.3, 0.4) is 0 Å². The van der Waals surface area contributed by atoms with Gasteiger partial charge in [-0.3, -0.25) is 4.79 Å². The molecule has 1 fully saturated rings. The number of anilines is 1. The van der Waals surface area contributed by atoms with E-state index >= 15 is 0 Å². The minimum absolute atomic E-state index is 0.0357. The topological polar surface area (TPSA) is 66.6 Å². The molecule has 0 N–H and O–H groups in total. The number of benzene rings is 2. The Labute approximate surface area is 195 Å². The highest BCUT2D eigenvalue weighted by atomic mass is 19.2. The van der Waals surface area contributed by atoms with E-state index in [9.17, 15) is 26.7 Å². The molecule has 3 heterocycles. The summed E-state index contributed by atoms with van der Waals surface area (Å²) >= 11 is 0. The van der Waals surface area contributed by atoms with E-state index in [1.807, 2.05) is 31.2 Å². The van der Waals surface area contributed by atoms with Crippen molar-refractivity contribution >= 4 is 17.6 Å². The number of carbonyl (C=O) groups excluding carboxylic acids is 1. The Balaban J connectivity index is 1.37. The van der Waals surface area contributed by atoms with E-state index in [1.54, 1.807) is 21.7 Å². The number of aromatic nitrogens is 4. The lowest BCUT2D eigenvalue weighted by atomic mass is 10.1. The number of nitrogens with zero attached hydrogens (tertiary/aromatic N) is 6. The monoisotopic (exact) mass is 488 g/mol. The first-order valence-corrected chi connectivity index (χ1v) is 10.6. The summed E-state index contributed by atoms with van der Waals surface area (Å²) < 4.78 is 70.1. The van der Waals surface area contributed by atoms with Gasteiger partial charge in [-0.25, -0.2) is 26.9 Å². The molecule has 0 radical (unpaired) electrons. The molecule has 2 aromatic carbocycles. The summed E-state index contributed by atoms with van der Waals surface area (Å²) in [5.74, 6) is -11.5. The minimum atomic E-state index is -2.31. The van der Waals surface area contributed by atoms with Crippen LogP contribution in [-0.2, 0) is 0 Å². The first-order chi connectivity index (χ1) is 16.8. The number of carbonyl (C=O) groups is 1. The third kappa shape index (κ3) is 3.84. The molecule has 0 atom stereocenters. The van der Waals surface area contributed by atoms with Gasteiger partial charge >= 0.3 is 0 Å². The molecule has 5 rings (SSSR count). The summed E-state index contributed by atoms with van der Waals surface area (Å²) in [4.78, 5) is 24.1. The lowest BCUT2D eigenvalue weighted by Crippen LogP contribution is -2.49. The van der Waals surface area contributed by atoms with E-state index in [4.69, 9.17) is 0 Å². The zero-order chi connectivity index (χ0) is 24.9. The van der Waals surface area contributed by atoms with Crippen LogP contribution >= 0.6 is 0 Å². The quantitative estimate of drug-likeness (QED) is 0.250. The lowest BCUT2D eigenvalue weighted by Gasteiger charge is -2.34. The Bertz CT molecular complexity index is 1440. The summed E-state index contributed by atoms with van der Waals surface area (Å²) in [6.07, 6.45) is 1.62. The summed E-state index contributed by atoms with van der Waals surface area (Å²) in [6, 6.07) is 9.64. The predicted octanol–water partition coefficient (Wildman–Crippen LogP) is 3.76. The molecule has 0 saturated carbocycles. The number of piperazine rings is 1. The molecule has 12 heteroatoms. The molecule has 180 valence electrons. The molecule has 2 aromatic heterocycles. The second-order valence-electron chi connectivity index (χ2n) is 8.05. The average Bonchev–Trinajstić information content (AvgIpc) is 3.31. The molecule has 0 bridgehead atoms. The minimum Gasteiger partial charge on any atom is -0.336 e. The van der Waals surface area contributed by atoms with E-state index in [0.717, 1.165) is 21.7 Å². The van der Waals surface area contributed by atoms with Crippen LogP contribution in [0, 0.1) is 36.0 Å². The van der Waals surface area contributed by atoms with Crippen LogP contribution in [0.1, 0.15) is 15.9 Å². The fourth-order valence-electron chi connectivity index (χ4n) is 4.00. The van der Waals surface area contributed by atoms with Crippen LogP contribution in [-0.4, -0.2) is 56.6 Å². The van der Waals surface area contributed by atoms with Gasteiger partial charge < -0.3 is 9.80 Å². The second-order valence-corrected chi connectivity index (χ2v) is 8.05. The molecule has 35 heavy (non-hydrogen) atoms. The number of hydrogen-bond donors (Lipinski definition) is 0. The molecule has 1 amide bonds. The van der Waals surface area contributed by atoms with Crippen molar-refractivity contribution < 1.29 is 26.7 Å². The number of amides is 1. The zero-order valence-corrected chi connectivity index (χ0v) is 18.3. The van der Waals surface area contributed by atoms with E-state index < -0.39 is 40.6 Å². The van der Waals surface area contributed by atoms with Crippen LogP contribution in [0.15, 0.2) is 36.5 Å². The molecule has 0 aliphatic carbocycles. The highest BCUT2D eigenvalue weighted by Crippen LogP contribution is 2.26. The molecule has 7 nitrogen and oxygen atoms in total. The molecule has 1 aliphatic heterocycles. The maximum absolute atomic E-state index is 14.1. The van der Waals surface area contributed by atoms with Gasteiger partial charge in [0.1, 0.15) is 5.56 Å². The van der Waals surface area contributed by atoms with Crippen LogP contribution in [0.25, 0.3) is 17.0 Å². The van der Waals surface area contributed by atoms with Crippen molar-refractivity contribution in [2.24, 2.45) is 0 Å². The summed E-state index contributed by atoms with van der Waals surface area (Å²) in [6.45, 7) is 2.26. The molecular formula is C23H17F5N6O. The number of fused-ring (bicyclic) bond motifs is 1. The van der Waals surface area contributed by atoms with Crippen molar-refractivity contribution in [2.45, 2.75) is 6.92 Å². The standard InChI is InChI=1S/C23H17F5N6O/c1-12-3-2-4-13(11-12)14-5-6-29-22-30-23(31-34(14)22)33-9-7-32(8-10-33)21(35)15-16(24)18(26)20(28)19(27)17(15)25/h2-6,11H,7-10H2,1H3. The molecule has 4 aromatic rings. The smallest absolute Gasteiger partial charge is 0.260 e. The Kier molecular flexibility index (Phi) is 5.58. The van der Waals surface area contributed by atoms with E-state index in [1.165, 1.54) is 0 Å². The largest absolute Gasteiger partial charge is 0.336 e. The Hall–Kier alpha value is -4.09. The molecule has 1 aliphatic rings. The van der Waals surface area contributed by atoms with Gasteiger partial charge in [0.25, 0.3) is 11.7 Å². The van der Waals surface area contributed by atoms with Gasteiger partial charge in [0.05, 0.1) is 5.69 Å². The van der Waals surface area contributed by atoms with Gasteiger partial charge in [-0.1, -0.05) is 23.8 Å². The van der Waals surface area contributed by atoms with E-state index in [2.05, 4.69) is 15.1 Å². The van der Waals surface area contributed by atoms with Gasteiger partial charge in [0, 0.05) is 37.9 Å². The van der Waals surface area contributed by atoms with Crippen molar-refractivity contribution in [3.05, 3.63) is 76.7 Å². The normalized spacial score (nSPS) is 14.1. The van der Waals surface area contributed by atoms with E-state index in [-0.39, 0.29) is 26.2 Å². The van der Waals surface area contributed by atoms with Crippen molar-refractivity contribution in [1.29, 1.82) is 0 Å². The Morgan fingerprint density at radius 3 is 2.20 bits per heavy atom. The van der Waals surface area contributed by atoms with Crippen molar-refractivity contribution in [3.63, 3.8) is 0 Å². The zero-order valence-electron chi connectivity index (χ0n) is 18.3. The van der Waals surface area contributed by atoms with Gasteiger partial charge in [0.2, 0.25) is 11.8 Å². The summed E-state index contributed by atoms with van der Waals surface area (Å²) in [5.41, 5.74) is 1.31. The number of halogens is 5. The van der Waals surface area contributed by atoms with Crippen LogP contribution < -0.4 is 4.90 Å². The van der Waals surface area contributed by atoms with Crippen LogP contribution in [0.5, 0.6) is 0 Å². The fourth-order valence-corrected chi connectivity index (χ4v) is 4.00. The molecule has 0 unspecified atom stereocenters. The molecule has 0 spiro atoms. The maximum Gasteiger partial charge on any atom is 0.260 e. The van der Waals surface area contributed by atoms with Gasteiger partial charge in [-0.2, -0.15) is 9.50 Å². The van der Waals surface area contributed by atoms with Crippen molar-refractivity contribution in [2.75, 3.05) is 31.1 Å². The predicted molar refractivity (Wildman–Crippen MR) is 115 cm³/mol. The van der Waals surface area contributed by atoms with Crippen LogP contribution in [0.2, 0.25) is 0 Å². The number of hydrogen-bond acceptors (Lipinski definition) is 5. The fraction of sp³-hybridized carbons (Fsp3) is 0.217. The first kappa shape index (κ1) is 22.7. The Morgan fingerprint density at radius 2 is 1.54 bits per heavy atom. The van der Waals surface area contributed by atoms with Crippen LogP contribution in [0.4, 0.5) is 27.9 Å². The third-order valence-corrected chi connectivity index (χ3v) is 5.82. The molecule has 1 saturated heterocycles. The SMILES string of the molecule is Cc1cccc(-c2ccnc3nc(N4CCN(C(=O)c5c(F)c(F)c(F)c(F)c5F)CC4)nn23)c1. The average molecular weight is 488 g/mol. The van der Waals surface area contributed by atoms with Gasteiger partial charge in [0.15, 0.2) is 23.3 Å². The summed E-state index contributed by atoms with van der Waals surface area (Å²) in [5, 5.41) is 4.54. The molecular weight excluding hydrogens is 471 g/mol. The summed E-state index contributed by atoms with van der Waals surface area (Å²) in [7, 11) is 0. The highest BCUT2D eigenvalue weighted by Gasteiger charge is 2.33. The first-order valence-electron chi connectivity index (χ1n) is 10.6. The number of rotatable bonds is 3. The van der Waals surface area contributed by atoms with Crippen molar-refractivity contribution in [1.82, 2.24) is 24.5 Å². The highest BCUT2D eigenvalue weighted by molar-refractivity contribution is 5.95. The lowest BCUT2D eigenvalue weighted by molar-refractivity contribution is 0.0733.